The van der Waals surface area contributed by atoms with Gasteiger partial charge in [-0.25, -0.2) is 0 Å². The van der Waals surface area contributed by atoms with Crippen molar-refractivity contribution >= 4 is 16.8 Å². The molecule has 1 aromatic heterocycles. The number of carbonyl (C=O) groups excluding carboxylic acids is 1. The number of nitrogens with one attached hydrogen (secondary N) is 1. The number of rotatable bonds is 3. The van der Waals surface area contributed by atoms with Crippen LogP contribution in [-0.2, 0) is 0 Å². The van der Waals surface area contributed by atoms with Crippen LogP contribution in [0.5, 0.6) is 5.75 Å². The zero-order valence-electron chi connectivity index (χ0n) is 10.1. The van der Waals surface area contributed by atoms with Crippen LogP contribution in [0.3, 0.4) is 0 Å². The van der Waals surface area contributed by atoms with Crippen LogP contribution in [0.2, 0.25) is 0 Å². The SMILES string of the molecule is COc1ccc2cc(C(=O)NC3CC3)cnc2c1. The predicted molar refractivity (Wildman–Crippen MR) is 68.8 cm³/mol. The van der Waals surface area contributed by atoms with Crippen molar-refractivity contribution in [3.63, 3.8) is 0 Å². The van der Waals surface area contributed by atoms with Gasteiger partial charge >= 0.3 is 0 Å². The van der Waals surface area contributed by atoms with Crippen molar-refractivity contribution in [2.45, 2.75) is 18.9 Å². The van der Waals surface area contributed by atoms with E-state index in [4.69, 9.17) is 4.74 Å². The molecule has 92 valence electrons. The van der Waals surface area contributed by atoms with Crippen molar-refractivity contribution in [1.29, 1.82) is 0 Å². The average Bonchev–Trinajstić information content (AvgIpc) is 3.21. The highest BCUT2D eigenvalue weighted by atomic mass is 16.5. The van der Waals surface area contributed by atoms with E-state index in [1.807, 2.05) is 24.3 Å². The van der Waals surface area contributed by atoms with Crippen LogP contribution in [-0.4, -0.2) is 24.0 Å². The normalized spacial score (nSPS) is 14.5. The number of nitrogens with zero attached hydrogens (tertiary/aromatic N) is 1. The first-order chi connectivity index (χ1) is 8.76. The second-order valence-electron chi connectivity index (χ2n) is 4.53. The van der Waals surface area contributed by atoms with Crippen LogP contribution >= 0.6 is 0 Å². The molecule has 0 atom stereocenters. The molecule has 1 saturated carbocycles. The smallest absolute Gasteiger partial charge is 0.253 e. The highest BCUT2D eigenvalue weighted by molar-refractivity contribution is 5.97. The third-order valence-electron chi connectivity index (χ3n) is 3.07. The second-order valence-corrected chi connectivity index (χ2v) is 4.53. The van der Waals surface area contributed by atoms with E-state index in [-0.39, 0.29) is 5.91 Å². The van der Waals surface area contributed by atoms with E-state index in [0.29, 0.717) is 11.6 Å². The molecule has 1 amide bonds. The minimum atomic E-state index is -0.0391. The number of ether oxygens (including phenoxy) is 1. The van der Waals surface area contributed by atoms with Crippen molar-refractivity contribution < 1.29 is 9.53 Å². The molecule has 1 aliphatic carbocycles. The quantitative estimate of drug-likeness (QED) is 0.897. The summed E-state index contributed by atoms with van der Waals surface area (Å²) in [5, 5.41) is 3.90. The van der Waals surface area contributed by atoms with Crippen LogP contribution in [0.25, 0.3) is 10.9 Å². The van der Waals surface area contributed by atoms with Gasteiger partial charge in [-0.3, -0.25) is 9.78 Å². The Balaban J connectivity index is 1.92. The first kappa shape index (κ1) is 11.0. The number of amides is 1. The number of benzene rings is 1. The fourth-order valence-corrected chi connectivity index (χ4v) is 1.85. The molecule has 0 bridgehead atoms. The lowest BCUT2D eigenvalue weighted by Crippen LogP contribution is -2.25. The Morgan fingerprint density at radius 1 is 1.39 bits per heavy atom. The minimum absolute atomic E-state index is 0.0391. The largest absolute Gasteiger partial charge is 0.497 e. The summed E-state index contributed by atoms with van der Waals surface area (Å²) < 4.78 is 5.14. The first-order valence-electron chi connectivity index (χ1n) is 6.01. The Bertz CT molecular complexity index is 606. The van der Waals surface area contributed by atoms with Gasteiger partial charge in [-0.15, -0.1) is 0 Å². The van der Waals surface area contributed by atoms with Crippen LogP contribution in [0.1, 0.15) is 23.2 Å². The zero-order valence-corrected chi connectivity index (χ0v) is 10.1. The van der Waals surface area contributed by atoms with Crippen molar-refractivity contribution in [2.24, 2.45) is 0 Å². The van der Waals surface area contributed by atoms with Gasteiger partial charge in [-0.2, -0.15) is 0 Å². The van der Waals surface area contributed by atoms with Crippen LogP contribution in [0.4, 0.5) is 0 Å². The Morgan fingerprint density at radius 3 is 2.94 bits per heavy atom. The third kappa shape index (κ3) is 2.14. The van der Waals surface area contributed by atoms with Crippen LogP contribution in [0.15, 0.2) is 30.5 Å². The number of methoxy groups -OCH3 is 1. The molecule has 0 spiro atoms. The van der Waals surface area contributed by atoms with Crippen molar-refractivity contribution in [2.75, 3.05) is 7.11 Å². The summed E-state index contributed by atoms with van der Waals surface area (Å²) in [6.07, 6.45) is 3.79. The lowest BCUT2D eigenvalue weighted by atomic mass is 10.1. The van der Waals surface area contributed by atoms with E-state index < -0.39 is 0 Å². The second kappa shape index (κ2) is 4.29. The third-order valence-corrected chi connectivity index (χ3v) is 3.07. The molecule has 0 aliphatic heterocycles. The maximum Gasteiger partial charge on any atom is 0.253 e. The molecule has 0 saturated heterocycles. The Kier molecular flexibility index (Phi) is 2.63. The number of hydrogen-bond acceptors (Lipinski definition) is 3. The fourth-order valence-electron chi connectivity index (χ4n) is 1.85. The van der Waals surface area contributed by atoms with Gasteiger partial charge in [0.15, 0.2) is 0 Å². The molecular weight excluding hydrogens is 228 g/mol. The van der Waals surface area contributed by atoms with Crippen LogP contribution in [0, 0.1) is 0 Å². The van der Waals surface area contributed by atoms with Crippen molar-refractivity contribution in [1.82, 2.24) is 10.3 Å². The molecule has 4 nitrogen and oxygen atoms in total. The molecule has 4 heteroatoms. The minimum Gasteiger partial charge on any atom is -0.497 e. The molecule has 3 rings (SSSR count). The number of hydrogen-bond donors (Lipinski definition) is 1. The van der Waals surface area contributed by atoms with Crippen LogP contribution < -0.4 is 10.1 Å². The van der Waals surface area contributed by atoms with Crippen molar-refractivity contribution in [3.8, 4) is 5.75 Å². The summed E-state index contributed by atoms with van der Waals surface area (Å²) in [5.74, 6) is 0.730. The summed E-state index contributed by atoms with van der Waals surface area (Å²) in [6, 6.07) is 7.86. The maximum absolute atomic E-state index is 11.9. The molecule has 1 aromatic carbocycles. The molecule has 0 unspecified atom stereocenters. The van der Waals surface area contributed by atoms with E-state index >= 15 is 0 Å². The first-order valence-corrected chi connectivity index (χ1v) is 6.01. The Labute approximate surface area is 105 Å². The highest BCUT2D eigenvalue weighted by Gasteiger charge is 2.23. The van der Waals surface area contributed by atoms with Gasteiger partial charge in [-0.1, -0.05) is 0 Å². The summed E-state index contributed by atoms with van der Waals surface area (Å²) in [4.78, 5) is 16.2. The summed E-state index contributed by atoms with van der Waals surface area (Å²) in [7, 11) is 1.62. The van der Waals surface area contributed by atoms with Gasteiger partial charge in [-0.05, 0) is 31.0 Å². The van der Waals surface area contributed by atoms with Gasteiger partial charge in [0.1, 0.15) is 5.75 Å². The molecule has 1 aliphatic rings. The summed E-state index contributed by atoms with van der Waals surface area (Å²) in [6.45, 7) is 0. The van der Waals surface area contributed by atoms with Gasteiger partial charge in [0, 0.05) is 23.7 Å². The Morgan fingerprint density at radius 2 is 2.22 bits per heavy atom. The fraction of sp³-hybridized carbons (Fsp3) is 0.286. The van der Waals surface area contributed by atoms with E-state index in [0.717, 1.165) is 29.5 Å². The van der Waals surface area contributed by atoms with Gasteiger partial charge < -0.3 is 10.1 Å². The average molecular weight is 242 g/mol. The van der Waals surface area contributed by atoms with E-state index in [2.05, 4.69) is 10.3 Å². The van der Waals surface area contributed by atoms with E-state index in [1.54, 1.807) is 13.3 Å². The lowest BCUT2D eigenvalue weighted by Gasteiger charge is -2.05. The topological polar surface area (TPSA) is 51.2 Å². The van der Waals surface area contributed by atoms with Crippen molar-refractivity contribution in [3.05, 3.63) is 36.0 Å². The standard InChI is InChI=1S/C14H14N2O2/c1-18-12-5-2-9-6-10(8-15-13(9)7-12)14(17)16-11-3-4-11/h2,5-8,11H,3-4H2,1H3,(H,16,17). The molecule has 18 heavy (non-hydrogen) atoms. The lowest BCUT2D eigenvalue weighted by molar-refractivity contribution is 0.0951. The van der Waals surface area contributed by atoms with Gasteiger partial charge in [0.05, 0.1) is 18.2 Å². The Hall–Kier alpha value is -2.10. The zero-order chi connectivity index (χ0) is 12.5. The summed E-state index contributed by atoms with van der Waals surface area (Å²) >= 11 is 0. The van der Waals surface area contributed by atoms with E-state index in [9.17, 15) is 4.79 Å². The molecule has 0 radical (unpaired) electrons. The number of aromatic nitrogens is 1. The highest BCUT2D eigenvalue weighted by Crippen LogP contribution is 2.21. The maximum atomic E-state index is 11.9. The molecule has 1 fully saturated rings. The summed E-state index contributed by atoms with van der Waals surface area (Å²) in [5.41, 5.74) is 1.44. The molecule has 1 N–H and O–H groups in total. The van der Waals surface area contributed by atoms with Gasteiger partial charge in [0.2, 0.25) is 0 Å². The number of fused-ring (bicyclic) bond motifs is 1. The molecule has 1 heterocycles. The molecule has 2 aromatic rings. The number of pyridine rings is 1. The monoisotopic (exact) mass is 242 g/mol. The van der Waals surface area contributed by atoms with E-state index in [1.165, 1.54) is 0 Å². The molecular formula is C14H14N2O2. The predicted octanol–water partition coefficient (Wildman–Crippen LogP) is 2.14. The number of carbonyl (C=O) groups is 1. The van der Waals surface area contributed by atoms with Gasteiger partial charge in [0.25, 0.3) is 5.91 Å².